The number of fused-ring (bicyclic) bond motifs is 7. The third kappa shape index (κ3) is 2.38. The van der Waals surface area contributed by atoms with Crippen molar-refractivity contribution in [2.45, 2.75) is 85.9 Å². The molecule has 0 saturated heterocycles. The van der Waals surface area contributed by atoms with Gasteiger partial charge in [0, 0.05) is 11.0 Å². The first kappa shape index (κ1) is 22.2. The van der Waals surface area contributed by atoms with Crippen LogP contribution in [0, 0.1) is 33.5 Å². The number of hydrogen-bond acceptors (Lipinski definition) is 4. The molecule has 0 radical (unpaired) electrons. The van der Waals surface area contributed by atoms with Gasteiger partial charge in [-0.2, -0.15) is 0 Å². The Hall–Kier alpha value is -1.65. The maximum Gasteiger partial charge on any atom is 0.220 e. The lowest BCUT2D eigenvalue weighted by Crippen LogP contribution is -2.66. The lowest BCUT2D eigenvalue weighted by Gasteiger charge is -2.70. The van der Waals surface area contributed by atoms with Crippen LogP contribution in [0.25, 0.3) is 0 Å². The standard InChI is InChI=1S/C28H38O4/c1-15-13-21-26(4,24(32)22(15)30)10-12-27(5)20-8-7-17-16(2)23(31)19(29)14-18(17)25(20,3)9-11-28(21,27)6/h7-8,14-15,21-22,24,30-32H,9-13H2,1-6H3. The fourth-order valence-corrected chi connectivity index (χ4v) is 8.61. The number of allylic oxidation sites excluding steroid dienone is 7. The number of aliphatic hydroxyl groups excluding tert-OH is 3. The SMILES string of the molecule is CC1=C(O)C(=O)C=C2C1=CC=C1C2(C)CCC2(C)C3CC(C)C(O)C(O)C3(C)CCC12C. The molecule has 32 heavy (non-hydrogen) atoms. The fraction of sp³-hybridized carbons (Fsp3) is 0.679. The van der Waals surface area contributed by atoms with E-state index in [2.05, 4.69) is 46.8 Å². The highest BCUT2D eigenvalue weighted by Crippen LogP contribution is 2.74. The van der Waals surface area contributed by atoms with Crippen LogP contribution in [0.15, 0.2) is 46.3 Å². The van der Waals surface area contributed by atoms with E-state index < -0.39 is 12.2 Å². The second-order valence-electron chi connectivity index (χ2n) is 12.3. The topological polar surface area (TPSA) is 77.8 Å². The van der Waals surface area contributed by atoms with Gasteiger partial charge in [0.15, 0.2) is 5.76 Å². The van der Waals surface area contributed by atoms with Crippen LogP contribution >= 0.6 is 0 Å². The van der Waals surface area contributed by atoms with Crippen LogP contribution in [-0.2, 0) is 4.79 Å². The normalized spacial score (nSPS) is 50.4. The molecule has 8 atom stereocenters. The highest BCUT2D eigenvalue weighted by Gasteiger charge is 2.68. The molecular formula is C28H38O4. The van der Waals surface area contributed by atoms with Crippen molar-refractivity contribution in [3.8, 4) is 0 Å². The predicted molar refractivity (Wildman–Crippen MR) is 125 cm³/mol. The summed E-state index contributed by atoms with van der Waals surface area (Å²) in [5, 5.41) is 32.1. The minimum Gasteiger partial charge on any atom is -0.504 e. The molecule has 4 nitrogen and oxygen atoms in total. The average Bonchev–Trinajstić information content (AvgIpc) is 2.75. The van der Waals surface area contributed by atoms with Gasteiger partial charge in [0.25, 0.3) is 0 Å². The van der Waals surface area contributed by atoms with Crippen molar-refractivity contribution in [1.29, 1.82) is 0 Å². The van der Waals surface area contributed by atoms with Crippen molar-refractivity contribution in [2.75, 3.05) is 0 Å². The minimum absolute atomic E-state index is 0.00166. The van der Waals surface area contributed by atoms with Crippen LogP contribution in [0.1, 0.15) is 73.6 Å². The molecule has 174 valence electrons. The molecule has 0 aliphatic heterocycles. The quantitative estimate of drug-likeness (QED) is 0.487. The smallest absolute Gasteiger partial charge is 0.220 e. The molecule has 0 bridgehead atoms. The van der Waals surface area contributed by atoms with Crippen LogP contribution in [-0.4, -0.2) is 33.3 Å². The molecule has 0 aromatic heterocycles. The van der Waals surface area contributed by atoms with Gasteiger partial charge in [-0.05, 0) is 84.3 Å². The molecule has 4 heteroatoms. The zero-order valence-corrected chi connectivity index (χ0v) is 20.3. The lowest BCUT2D eigenvalue weighted by molar-refractivity contribution is -0.221. The summed E-state index contributed by atoms with van der Waals surface area (Å²) in [6.07, 6.45) is 9.44. The summed E-state index contributed by atoms with van der Waals surface area (Å²) in [5.74, 6) is -0.0167. The monoisotopic (exact) mass is 438 g/mol. The Morgan fingerprint density at radius 3 is 2.38 bits per heavy atom. The summed E-state index contributed by atoms with van der Waals surface area (Å²) < 4.78 is 0. The Kier molecular flexibility index (Phi) is 4.48. The second kappa shape index (κ2) is 6.48. The van der Waals surface area contributed by atoms with E-state index in [-0.39, 0.29) is 39.1 Å². The molecular weight excluding hydrogens is 400 g/mol. The number of carbonyl (C=O) groups is 1. The van der Waals surface area contributed by atoms with Gasteiger partial charge >= 0.3 is 0 Å². The van der Waals surface area contributed by atoms with Gasteiger partial charge in [-0.25, -0.2) is 0 Å². The van der Waals surface area contributed by atoms with E-state index in [9.17, 15) is 20.1 Å². The summed E-state index contributed by atoms with van der Waals surface area (Å²) in [4.78, 5) is 12.6. The maximum absolute atomic E-state index is 12.6. The first-order valence-electron chi connectivity index (χ1n) is 12.3. The summed E-state index contributed by atoms with van der Waals surface area (Å²) in [7, 11) is 0. The number of ketones is 1. The molecule has 0 spiro atoms. The third-order valence-corrected chi connectivity index (χ3v) is 11.1. The van der Waals surface area contributed by atoms with Crippen LogP contribution in [0.4, 0.5) is 0 Å². The number of aliphatic hydroxyl groups is 3. The van der Waals surface area contributed by atoms with Gasteiger partial charge in [-0.3, -0.25) is 4.79 Å². The van der Waals surface area contributed by atoms with E-state index in [4.69, 9.17) is 0 Å². The molecule has 5 aliphatic carbocycles. The third-order valence-electron chi connectivity index (χ3n) is 11.1. The van der Waals surface area contributed by atoms with Crippen LogP contribution in [0.3, 0.4) is 0 Å². The van der Waals surface area contributed by atoms with E-state index in [1.165, 1.54) is 5.57 Å². The van der Waals surface area contributed by atoms with E-state index in [0.717, 1.165) is 43.3 Å². The molecule has 3 N–H and O–H groups in total. The Labute approximate surface area is 191 Å². The van der Waals surface area contributed by atoms with Crippen LogP contribution in [0.5, 0.6) is 0 Å². The van der Waals surface area contributed by atoms with E-state index >= 15 is 0 Å². The second-order valence-corrected chi connectivity index (χ2v) is 12.3. The molecule has 3 fully saturated rings. The predicted octanol–water partition coefficient (Wildman–Crippen LogP) is 5.18. The summed E-state index contributed by atoms with van der Waals surface area (Å²) >= 11 is 0. The number of rotatable bonds is 0. The van der Waals surface area contributed by atoms with Gasteiger partial charge in [0.05, 0.1) is 12.2 Å². The van der Waals surface area contributed by atoms with Gasteiger partial charge in [0.2, 0.25) is 5.78 Å². The number of carbonyl (C=O) groups excluding carboxylic acids is 1. The number of hydrogen-bond donors (Lipinski definition) is 3. The molecule has 0 aromatic carbocycles. The molecule has 5 rings (SSSR count). The maximum atomic E-state index is 12.6. The Bertz CT molecular complexity index is 1030. The van der Waals surface area contributed by atoms with Crippen molar-refractivity contribution in [3.63, 3.8) is 0 Å². The highest BCUT2D eigenvalue weighted by molar-refractivity contribution is 6.06. The van der Waals surface area contributed by atoms with Crippen molar-refractivity contribution in [1.82, 2.24) is 0 Å². The zero-order valence-electron chi connectivity index (χ0n) is 20.3. The summed E-state index contributed by atoms with van der Waals surface area (Å²) in [5.41, 5.74) is 3.54. The zero-order chi connectivity index (χ0) is 23.4. The average molecular weight is 439 g/mol. The van der Waals surface area contributed by atoms with Gasteiger partial charge in [0.1, 0.15) is 0 Å². The van der Waals surface area contributed by atoms with Gasteiger partial charge in [-0.15, -0.1) is 0 Å². The molecule has 3 saturated carbocycles. The van der Waals surface area contributed by atoms with Crippen molar-refractivity contribution in [2.24, 2.45) is 33.5 Å². The summed E-state index contributed by atoms with van der Waals surface area (Å²) in [6.45, 7) is 13.2. The first-order valence-corrected chi connectivity index (χ1v) is 12.3. The van der Waals surface area contributed by atoms with Crippen molar-refractivity contribution < 1.29 is 20.1 Å². The van der Waals surface area contributed by atoms with Gasteiger partial charge < -0.3 is 15.3 Å². The largest absolute Gasteiger partial charge is 0.504 e. The fourth-order valence-electron chi connectivity index (χ4n) is 8.61. The lowest BCUT2D eigenvalue weighted by atomic mass is 9.34. The van der Waals surface area contributed by atoms with Gasteiger partial charge in [-0.1, -0.05) is 52.3 Å². The van der Waals surface area contributed by atoms with Crippen LogP contribution in [0.2, 0.25) is 0 Å². The minimum atomic E-state index is -0.688. The highest BCUT2D eigenvalue weighted by atomic mass is 16.3. The first-order chi connectivity index (χ1) is 14.8. The Balaban J connectivity index is 1.65. The molecule has 8 unspecified atom stereocenters. The molecule has 0 aromatic rings. The summed E-state index contributed by atoms with van der Waals surface area (Å²) in [6, 6.07) is 0. The molecule has 0 amide bonds. The van der Waals surface area contributed by atoms with Crippen molar-refractivity contribution >= 4 is 5.78 Å². The van der Waals surface area contributed by atoms with Crippen molar-refractivity contribution in [3.05, 3.63) is 46.3 Å². The molecule has 5 aliphatic rings. The van der Waals surface area contributed by atoms with Crippen LogP contribution < -0.4 is 0 Å². The Morgan fingerprint density at radius 2 is 1.69 bits per heavy atom. The Morgan fingerprint density at radius 1 is 1.00 bits per heavy atom. The van der Waals surface area contributed by atoms with E-state index in [1.54, 1.807) is 6.08 Å². The molecule has 0 heterocycles. The van der Waals surface area contributed by atoms with E-state index in [0.29, 0.717) is 11.5 Å². The van der Waals surface area contributed by atoms with E-state index in [1.807, 2.05) is 6.92 Å².